The van der Waals surface area contributed by atoms with Gasteiger partial charge in [0.2, 0.25) is 0 Å². The summed E-state index contributed by atoms with van der Waals surface area (Å²) in [5.41, 5.74) is 1.19. The number of ether oxygens (including phenoxy) is 2. The van der Waals surface area contributed by atoms with Gasteiger partial charge in [-0.3, -0.25) is 0 Å². The molecule has 0 amide bonds. The molecule has 0 atom stereocenters. The van der Waals surface area contributed by atoms with Crippen molar-refractivity contribution in [1.82, 2.24) is 0 Å². The molecule has 1 heterocycles. The Bertz CT molecular complexity index is 253. The summed E-state index contributed by atoms with van der Waals surface area (Å²) >= 11 is 3.36. The van der Waals surface area contributed by atoms with E-state index in [0.717, 1.165) is 24.6 Å². The van der Waals surface area contributed by atoms with Crippen molar-refractivity contribution in [2.75, 3.05) is 18.5 Å². The van der Waals surface area contributed by atoms with Crippen LogP contribution in [0.25, 0.3) is 0 Å². The van der Waals surface area contributed by atoms with Crippen LogP contribution in [0.3, 0.4) is 0 Å². The lowest BCUT2D eigenvalue weighted by molar-refractivity contribution is -0.0135. The number of rotatable bonds is 7. The summed E-state index contributed by atoms with van der Waals surface area (Å²) < 4.78 is 11.0. The van der Waals surface area contributed by atoms with E-state index in [4.69, 9.17) is 9.47 Å². The number of halogens is 1. The molecule has 0 saturated carbocycles. The van der Waals surface area contributed by atoms with Crippen LogP contribution in [0.15, 0.2) is 36.5 Å². The van der Waals surface area contributed by atoms with E-state index in [2.05, 4.69) is 34.7 Å². The van der Waals surface area contributed by atoms with Gasteiger partial charge in [-0.25, -0.2) is 0 Å². The topological polar surface area (TPSA) is 18.5 Å². The summed E-state index contributed by atoms with van der Waals surface area (Å²) in [6.45, 7) is 5.12. The molecular weight excluding hydrogens is 268 g/mol. The van der Waals surface area contributed by atoms with Crippen LogP contribution in [0.2, 0.25) is 0 Å². The lowest BCUT2D eigenvalue weighted by atomic mass is 10.1. The molecule has 1 saturated heterocycles. The van der Waals surface area contributed by atoms with E-state index in [-0.39, 0.29) is 6.29 Å². The lowest BCUT2D eigenvalue weighted by Gasteiger charge is -2.12. The maximum atomic E-state index is 5.48. The molecule has 1 rings (SSSR count). The first-order valence-electron chi connectivity index (χ1n) is 5.64. The van der Waals surface area contributed by atoms with Crippen LogP contribution >= 0.6 is 15.9 Å². The monoisotopic (exact) mass is 286 g/mol. The van der Waals surface area contributed by atoms with Gasteiger partial charge >= 0.3 is 0 Å². The number of allylic oxidation sites excluding steroid dienone is 4. The average molecular weight is 287 g/mol. The fourth-order valence-corrected chi connectivity index (χ4v) is 1.87. The number of alkyl halides is 1. The normalized spacial score (nSPS) is 18.4. The molecule has 16 heavy (non-hydrogen) atoms. The van der Waals surface area contributed by atoms with Crippen molar-refractivity contribution in [3.05, 3.63) is 36.5 Å². The fraction of sp³-hybridized carbons (Fsp3) is 0.538. The van der Waals surface area contributed by atoms with Gasteiger partial charge in [0.05, 0.1) is 13.2 Å². The molecule has 0 spiro atoms. The second-order valence-electron chi connectivity index (χ2n) is 3.57. The molecule has 0 aromatic heterocycles. The summed E-state index contributed by atoms with van der Waals surface area (Å²) in [6, 6.07) is 0. The highest BCUT2D eigenvalue weighted by Gasteiger charge is 2.19. The van der Waals surface area contributed by atoms with Crippen molar-refractivity contribution in [3.8, 4) is 0 Å². The Kier molecular flexibility index (Phi) is 7.47. The van der Waals surface area contributed by atoms with Crippen molar-refractivity contribution in [2.24, 2.45) is 0 Å². The van der Waals surface area contributed by atoms with Crippen LogP contribution in [0.5, 0.6) is 0 Å². The number of hydrogen-bond donors (Lipinski definition) is 0. The Balaban J connectivity index is 2.31. The van der Waals surface area contributed by atoms with Gasteiger partial charge < -0.3 is 9.47 Å². The molecule has 1 aliphatic rings. The predicted octanol–water partition coefficient (Wildman–Crippen LogP) is 3.59. The highest BCUT2D eigenvalue weighted by atomic mass is 79.9. The Morgan fingerprint density at radius 3 is 2.69 bits per heavy atom. The smallest absolute Gasteiger partial charge is 0.180 e. The molecule has 0 aliphatic carbocycles. The van der Waals surface area contributed by atoms with Crippen LogP contribution < -0.4 is 0 Å². The zero-order chi connectivity index (χ0) is 11.6. The van der Waals surface area contributed by atoms with Crippen molar-refractivity contribution in [3.63, 3.8) is 0 Å². The van der Waals surface area contributed by atoms with E-state index in [1.165, 1.54) is 5.57 Å². The van der Waals surface area contributed by atoms with Crippen molar-refractivity contribution in [1.29, 1.82) is 0 Å². The fourth-order valence-electron chi connectivity index (χ4n) is 1.61. The summed E-state index contributed by atoms with van der Waals surface area (Å²) in [5.74, 6) is 0. The Morgan fingerprint density at radius 2 is 2.06 bits per heavy atom. The van der Waals surface area contributed by atoms with Gasteiger partial charge in [-0.05, 0) is 24.8 Å². The van der Waals surface area contributed by atoms with Gasteiger partial charge in [0.25, 0.3) is 0 Å². The molecule has 3 heteroatoms. The van der Waals surface area contributed by atoms with E-state index >= 15 is 0 Å². The second kappa shape index (κ2) is 8.74. The maximum Gasteiger partial charge on any atom is 0.180 e. The molecule has 90 valence electrons. The standard InChI is InChI=1S/C13H19BrO2/c1-2-7-12(13-15-10-11-16-13)8-5-3-4-6-9-14/h2,4,6-7,13H,1,3,5,8-11H2/b6-4+,12-7+. The van der Waals surface area contributed by atoms with Crippen LogP contribution in [-0.4, -0.2) is 24.8 Å². The van der Waals surface area contributed by atoms with Gasteiger partial charge in [0, 0.05) is 5.33 Å². The minimum absolute atomic E-state index is 0.141. The minimum atomic E-state index is -0.141. The summed E-state index contributed by atoms with van der Waals surface area (Å²) in [4.78, 5) is 0. The highest BCUT2D eigenvalue weighted by molar-refractivity contribution is 9.09. The first-order chi connectivity index (χ1) is 7.88. The molecule has 0 aromatic rings. The molecule has 2 nitrogen and oxygen atoms in total. The quantitative estimate of drug-likeness (QED) is 0.308. The van der Waals surface area contributed by atoms with Gasteiger partial charge in [-0.1, -0.05) is 46.8 Å². The average Bonchev–Trinajstić information content (AvgIpc) is 2.81. The van der Waals surface area contributed by atoms with Crippen LogP contribution in [0, 0.1) is 0 Å². The number of unbranched alkanes of at least 4 members (excludes halogenated alkanes) is 1. The first kappa shape index (κ1) is 13.7. The molecule has 1 aliphatic heterocycles. The van der Waals surface area contributed by atoms with Gasteiger partial charge in [0.1, 0.15) is 0 Å². The lowest BCUT2D eigenvalue weighted by Crippen LogP contribution is -2.11. The largest absolute Gasteiger partial charge is 0.346 e. The van der Waals surface area contributed by atoms with Crippen molar-refractivity contribution < 1.29 is 9.47 Å². The van der Waals surface area contributed by atoms with E-state index < -0.39 is 0 Å². The molecular formula is C13H19BrO2. The van der Waals surface area contributed by atoms with E-state index in [9.17, 15) is 0 Å². The zero-order valence-corrected chi connectivity index (χ0v) is 11.1. The predicted molar refractivity (Wildman–Crippen MR) is 70.8 cm³/mol. The Morgan fingerprint density at radius 1 is 1.31 bits per heavy atom. The molecule has 0 unspecified atom stereocenters. The van der Waals surface area contributed by atoms with Crippen molar-refractivity contribution in [2.45, 2.75) is 25.6 Å². The molecule has 0 N–H and O–H groups in total. The Labute approximate surface area is 106 Å². The molecule has 0 aromatic carbocycles. The summed E-state index contributed by atoms with van der Waals surface area (Å²) in [5, 5.41) is 0.928. The number of hydrogen-bond acceptors (Lipinski definition) is 2. The first-order valence-corrected chi connectivity index (χ1v) is 6.76. The molecule has 0 bridgehead atoms. The van der Waals surface area contributed by atoms with E-state index in [0.29, 0.717) is 13.2 Å². The van der Waals surface area contributed by atoms with E-state index in [1.54, 1.807) is 6.08 Å². The minimum Gasteiger partial charge on any atom is -0.346 e. The molecule has 1 fully saturated rings. The van der Waals surface area contributed by atoms with E-state index in [1.807, 2.05) is 6.08 Å². The second-order valence-corrected chi connectivity index (χ2v) is 4.22. The van der Waals surface area contributed by atoms with Crippen LogP contribution in [-0.2, 0) is 9.47 Å². The van der Waals surface area contributed by atoms with Crippen molar-refractivity contribution >= 4 is 15.9 Å². The Hall–Kier alpha value is -0.380. The highest BCUT2D eigenvalue weighted by Crippen LogP contribution is 2.19. The van der Waals surface area contributed by atoms with Gasteiger partial charge in [0.15, 0.2) is 6.29 Å². The third kappa shape index (κ3) is 5.10. The third-order valence-electron chi connectivity index (χ3n) is 2.35. The van der Waals surface area contributed by atoms with Crippen LogP contribution in [0.1, 0.15) is 19.3 Å². The SMILES string of the molecule is C=C/C=C(\CCC/C=C/CBr)C1OCCO1. The van der Waals surface area contributed by atoms with Gasteiger partial charge in [-0.15, -0.1) is 0 Å². The third-order valence-corrected chi connectivity index (χ3v) is 2.72. The summed E-state index contributed by atoms with van der Waals surface area (Å²) in [6.07, 6.45) is 11.2. The zero-order valence-electron chi connectivity index (χ0n) is 9.53. The molecule has 0 radical (unpaired) electrons. The van der Waals surface area contributed by atoms with Gasteiger partial charge in [-0.2, -0.15) is 0 Å². The summed E-state index contributed by atoms with van der Waals surface area (Å²) in [7, 11) is 0. The van der Waals surface area contributed by atoms with Crippen LogP contribution in [0.4, 0.5) is 0 Å². The maximum absolute atomic E-state index is 5.48.